The second-order valence-electron chi connectivity index (χ2n) is 4.01. The van der Waals surface area contributed by atoms with Crippen LogP contribution in [0.15, 0.2) is 40.7 Å². The Morgan fingerprint density at radius 3 is 2.56 bits per heavy atom. The molecule has 0 N–H and O–H groups in total. The van der Waals surface area contributed by atoms with Gasteiger partial charge in [0.2, 0.25) is 0 Å². The number of carbonyl (C=O) groups is 1. The zero-order chi connectivity index (χ0) is 13.3. The molecule has 0 radical (unpaired) electrons. The largest absolute Gasteiger partial charge is 0.465 e. The van der Waals surface area contributed by atoms with Gasteiger partial charge in [-0.1, -0.05) is 29.8 Å². The van der Waals surface area contributed by atoms with Gasteiger partial charge in [0.25, 0.3) is 0 Å². The minimum Gasteiger partial charge on any atom is -0.465 e. The normalized spacial score (nSPS) is 17.0. The first-order valence-corrected chi connectivity index (χ1v) is 6.88. The van der Waals surface area contributed by atoms with Crippen LogP contribution in [0.4, 0.5) is 0 Å². The monoisotopic (exact) mass is 264 g/mol. The number of carbonyl (C=O) groups excluding carboxylic acids is 1. The predicted octanol–water partition coefficient (Wildman–Crippen LogP) is 1.82. The van der Waals surface area contributed by atoms with Crippen molar-refractivity contribution >= 4 is 21.4 Å². The Balaban J connectivity index is 2.57. The molecular formula is C13H12O4S. The molecule has 0 saturated carbocycles. The fourth-order valence-electron chi connectivity index (χ4n) is 1.79. The molecule has 0 aromatic heterocycles. The van der Waals surface area contributed by atoms with Gasteiger partial charge >= 0.3 is 5.97 Å². The first-order valence-electron chi connectivity index (χ1n) is 5.27. The van der Waals surface area contributed by atoms with Gasteiger partial charge in [0.15, 0.2) is 9.84 Å². The van der Waals surface area contributed by atoms with Crippen LogP contribution in [0.25, 0.3) is 5.57 Å². The van der Waals surface area contributed by atoms with Crippen LogP contribution in [0.1, 0.15) is 11.1 Å². The molecule has 4 nitrogen and oxygen atoms in total. The third-order valence-electron chi connectivity index (χ3n) is 2.59. The lowest BCUT2D eigenvalue weighted by molar-refractivity contribution is -0.135. The van der Waals surface area contributed by atoms with Gasteiger partial charge in [0.1, 0.15) is 0 Å². The number of ether oxygens (including phenoxy) is 1. The summed E-state index contributed by atoms with van der Waals surface area (Å²) in [4.78, 5) is 11.6. The summed E-state index contributed by atoms with van der Waals surface area (Å²) in [5, 5.41) is 2.03. The summed E-state index contributed by atoms with van der Waals surface area (Å²) < 4.78 is 27.7. The van der Waals surface area contributed by atoms with Gasteiger partial charge in [-0.05, 0) is 12.5 Å². The Bertz CT molecular complexity index is 666. The molecule has 1 aliphatic heterocycles. The maximum Gasteiger partial charge on any atom is 0.339 e. The van der Waals surface area contributed by atoms with Crippen molar-refractivity contribution in [1.29, 1.82) is 0 Å². The molecule has 1 heterocycles. The molecule has 0 bridgehead atoms. The van der Waals surface area contributed by atoms with E-state index in [0.29, 0.717) is 11.1 Å². The molecule has 18 heavy (non-hydrogen) atoms. The number of hydrogen-bond acceptors (Lipinski definition) is 4. The van der Waals surface area contributed by atoms with Crippen LogP contribution in [-0.4, -0.2) is 21.5 Å². The highest BCUT2D eigenvalue weighted by Crippen LogP contribution is 2.31. The zero-order valence-corrected chi connectivity index (χ0v) is 10.8. The smallest absolute Gasteiger partial charge is 0.339 e. The molecule has 1 aromatic carbocycles. The molecule has 5 heteroatoms. The molecule has 0 amide bonds. The van der Waals surface area contributed by atoms with Crippen LogP contribution in [0, 0.1) is 6.92 Å². The van der Waals surface area contributed by atoms with E-state index in [2.05, 4.69) is 4.74 Å². The zero-order valence-electron chi connectivity index (χ0n) is 10.0. The number of benzene rings is 1. The van der Waals surface area contributed by atoms with Crippen LogP contribution in [-0.2, 0) is 19.4 Å². The number of aryl methyl sites for hydroxylation is 1. The summed E-state index contributed by atoms with van der Waals surface area (Å²) in [6, 6.07) is 7.29. The first kappa shape index (κ1) is 12.6. The summed E-state index contributed by atoms with van der Waals surface area (Å²) in [5.41, 5.74) is 2.13. The van der Waals surface area contributed by atoms with Crippen molar-refractivity contribution in [2.45, 2.75) is 6.92 Å². The van der Waals surface area contributed by atoms with Crippen LogP contribution >= 0.6 is 0 Å². The average molecular weight is 264 g/mol. The van der Waals surface area contributed by atoms with Gasteiger partial charge in [0, 0.05) is 11.0 Å². The summed E-state index contributed by atoms with van der Waals surface area (Å²) >= 11 is 0. The maximum atomic E-state index is 11.6. The Morgan fingerprint density at radius 2 is 1.94 bits per heavy atom. The van der Waals surface area contributed by atoms with E-state index in [0.717, 1.165) is 16.4 Å². The van der Waals surface area contributed by atoms with E-state index >= 15 is 0 Å². The molecule has 0 atom stereocenters. The molecule has 0 spiro atoms. The van der Waals surface area contributed by atoms with E-state index < -0.39 is 15.8 Å². The Morgan fingerprint density at radius 1 is 1.22 bits per heavy atom. The molecule has 94 valence electrons. The van der Waals surface area contributed by atoms with E-state index in [4.69, 9.17) is 0 Å². The second kappa shape index (κ2) is 4.42. The second-order valence-corrected chi connectivity index (χ2v) is 5.66. The topological polar surface area (TPSA) is 60.4 Å². The number of sulfone groups is 1. The molecule has 0 saturated heterocycles. The SMILES string of the molecule is COC(=O)C1=CS(=O)(=O)C=C1c1cccc(C)c1. The standard InChI is InChI=1S/C13H12O4S/c1-9-4-3-5-10(6-9)11-7-18(15,16)8-12(11)13(14)17-2/h3-8H,1-2H3. The van der Waals surface area contributed by atoms with E-state index in [1.807, 2.05) is 25.1 Å². The molecule has 1 aliphatic rings. The van der Waals surface area contributed by atoms with Crippen molar-refractivity contribution in [1.82, 2.24) is 0 Å². The first-order chi connectivity index (χ1) is 8.43. The number of rotatable bonds is 2. The van der Waals surface area contributed by atoms with Crippen molar-refractivity contribution < 1.29 is 17.9 Å². The van der Waals surface area contributed by atoms with Gasteiger partial charge in [-0.15, -0.1) is 0 Å². The molecule has 0 fully saturated rings. The molecule has 0 aliphatic carbocycles. The third kappa shape index (κ3) is 2.36. The molecule has 2 rings (SSSR count). The van der Waals surface area contributed by atoms with Crippen LogP contribution in [0.5, 0.6) is 0 Å². The van der Waals surface area contributed by atoms with Gasteiger partial charge < -0.3 is 4.74 Å². The van der Waals surface area contributed by atoms with E-state index in [9.17, 15) is 13.2 Å². The van der Waals surface area contributed by atoms with Crippen LogP contribution < -0.4 is 0 Å². The van der Waals surface area contributed by atoms with Gasteiger partial charge in [0.05, 0.1) is 18.1 Å². The van der Waals surface area contributed by atoms with Gasteiger partial charge in [-0.2, -0.15) is 0 Å². The molecular weight excluding hydrogens is 252 g/mol. The maximum absolute atomic E-state index is 11.6. The van der Waals surface area contributed by atoms with E-state index in [1.54, 1.807) is 6.07 Å². The number of methoxy groups -OCH3 is 1. The Kier molecular flexibility index (Phi) is 3.09. The summed E-state index contributed by atoms with van der Waals surface area (Å²) in [5.74, 6) is -0.649. The highest BCUT2D eigenvalue weighted by atomic mass is 32.2. The third-order valence-corrected chi connectivity index (χ3v) is 3.72. The molecule has 0 unspecified atom stereocenters. The highest BCUT2D eigenvalue weighted by molar-refractivity contribution is 7.97. The summed E-state index contributed by atoms with van der Waals surface area (Å²) in [6.45, 7) is 1.90. The highest BCUT2D eigenvalue weighted by Gasteiger charge is 2.27. The van der Waals surface area contributed by atoms with Crippen molar-refractivity contribution in [2.75, 3.05) is 7.11 Å². The Hall–Kier alpha value is -1.88. The van der Waals surface area contributed by atoms with Crippen LogP contribution in [0.2, 0.25) is 0 Å². The van der Waals surface area contributed by atoms with Crippen molar-refractivity contribution in [2.24, 2.45) is 0 Å². The summed E-state index contributed by atoms with van der Waals surface area (Å²) in [6.07, 6.45) is 0. The Labute approximate surface area is 106 Å². The average Bonchev–Trinajstić information content (AvgIpc) is 2.64. The minimum absolute atomic E-state index is 0.0723. The number of hydrogen-bond donors (Lipinski definition) is 0. The fraction of sp³-hybridized carbons (Fsp3) is 0.154. The lowest BCUT2D eigenvalue weighted by atomic mass is 9.99. The van der Waals surface area contributed by atoms with Gasteiger partial charge in [-0.3, -0.25) is 0 Å². The minimum atomic E-state index is -3.49. The van der Waals surface area contributed by atoms with Crippen molar-refractivity contribution in [3.63, 3.8) is 0 Å². The lowest BCUT2D eigenvalue weighted by Gasteiger charge is -2.06. The van der Waals surface area contributed by atoms with Crippen molar-refractivity contribution in [3.8, 4) is 0 Å². The van der Waals surface area contributed by atoms with Crippen LogP contribution in [0.3, 0.4) is 0 Å². The summed E-state index contributed by atoms with van der Waals surface area (Å²) in [7, 11) is -2.26. The van der Waals surface area contributed by atoms with E-state index in [1.165, 1.54) is 7.11 Å². The molecule has 1 aromatic rings. The predicted molar refractivity (Wildman–Crippen MR) is 68.2 cm³/mol. The quantitative estimate of drug-likeness (QED) is 0.764. The van der Waals surface area contributed by atoms with Gasteiger partial charge in [-0.25, -0.2) is 13.2 Å². The van der Waals surface area contributed by atoms with E-state index in [-0.39, 0.29) is 5.57 Å². The fourth-order valence-corrected chi connectivity index (χ4v) is 3.01. The number of esters is 1. The lowest BCUT2D eigenvalue weighted by Crippen LogP contribution is -2.05. The van der Waals surface area contributed by atoms with Crippen molar-refractivity contribution in [3.05, 3.63) is 51.8 Å².